The molecule has 4 atom stereocenters. The SMILES string of the molecule is O=C(O)CC(O[C@]1(O)C[C@H](n2ccc(NCc3ccccc3)nc2=O)O[C@@H]1CO)C(=O)O. The highest BCUT2D eigenvalue weighted by Crippen LogP contribution is 2.38. The zero-order valence-electron chi connectivity index (χ0n) is 16.8. The highest BCUT2D eigenvalue weighted by molar-refractivity contribution is 5.79. The van der Waals surface area contributed by atoms with Gasteiger partial charge in [-0.3, -0.25) is 9.36 Å². The van der Waals surface area contributed by atoms with Gasteiger partial charge in [-0.05, 0) is 11.6 Å². The van der Waals surface area contributed by atoms with Gasteiger partial charge in [0.25, 0.3) is 0 Å². The molecule has 2 heterocycles. The normalized spacial score (nSPS) is 23.6. The van der Waals surface area contributed by atoms with Gasteiger partial charge in [-0.15, -0.1) is 0 Å². The summed E-state index contributed by atoms with van der Waals surface area (Å²) in [4.78, 5) is 38.6. The molecule has 1 aromatic carbocycles. The third-order valence-corrected chi connectivity index (χ3v) is 4.90. The molecule has 32 heavy (non-hydrogen) atoms. The molecule has 172 valence electrons. The number of rotatable bonds is 10. The van der Waals surface area contributed by atoms with E-state index in [1.54, 1.807) is 0 Å². The topological polar surface area (TPSA) is 180 Å². The van der Waals surface area contributed by atoms with Gasteiger partial charge in [0.1, 0.15) is 18.1 Å². The van der Waals surface area contributed by atoms with Gasteiger partial charge < -0.3 is 35.2 Å². The number of aromatic nitrogens is 2. The number of carboxylic acid groups (broad SMARTS) is 2. The van der Waals surface area contributed by atoms with Crippen LogP contribution in [0.3, 0.4) is 0 Å². The molecule has 0 radical (unpaired) electrons. The minimum absolute atomic E-state index is 0.311. The van der Waals surface area contributed by atoms with Crippen LogP contribution in [-0.2, 0) is 25.6 Å². The van der Waals surface area contributed by atoms with E-state index >= 15 is 0 Å². The van der Waals surface area contributed by atoms with E-state index in [9.17, 15) is 29.7 Å². The van der Waals surface area contributed by atoms with Crippen LogP contribution < -0.4 is 11.0 Å². The van der Waals surface area contributed by atoms with Crippen LogP contribution in [0.1, 0.15) is 24.6 Å². The van der Waals surface area contributed by atoms with E-state index in [0.29, 0.717) is 12.4 Å². The summed E-state index contributed by atoms with van der Waals surface area (Å²) in [6.45, 7) is -0.317. The molecule has 0 aliphatic carbocycles. The van der Waals surface area contributed by atoms with Crippen LogP contribution in [0.2, 0.25) is 0 Å². The third-order valence-electron chi connectivity index (χ3n) is 4.90. The average molecular weight is 449 g/mol. The maximum atomic E-state index is 12.5. The number of ether oxygens (including phenoxy) is 2. The summed E-state index contributed by atoms with van der Waals surface area (Å²) in [5.41, 5.74) is 0.272. The predicted octanol–water partition coefficient (Wildman–Crippen LogP) is -0.232. The highest BCUT2D eigenvalue weighted by Gasteiger charge is 2.51. The summed E-state index contributed by atoms with van der Waals surface area (Å²) in [5.74, 6) is -5.07. The molecule has 1 unspecified atom stereocenters. The average Bonchev–Trinajstić information content (AvgIpc) is 3.08. The van der Waals surface area contributed by atoms with Crippen molar-refractivity contribution in [3.8, 4) is 0 Å². The second kappa shape index (κ2) is 9.87. The summed E-state index contributed by atoms with van der Waals surface area (Å²) < 4.78 is 11.7. The van der Waals surface area contributed by atoms with Gasteiger partial charge in [-0.25, -0.2) is 9.59 Å². The Labute approximate surface area is 181 Å². The Bertz CT molecular complexity index is 1010. The largest absolute Gasteiger partial charge is 0.481 e. The van der Waals surface area contributed by atoms with Crippen molar-refractivity contribution in [1.82, 2.24) is 9.55 Å². The lowest BCUT2D eigenvalue weighted by Gasteiger charge is -2.29. The zero-order valence-corrected chi connectivity index (χ0v) is 16.8. The van der Waals surface area contributed by atoms with Crippen LogP contribution in [0, 0.1) is 0 Å². The standard InChI is InChI=1S/C20H23N3O9/c24-11-14-20(30,32-13(18(27)28)8-17(25)26)9-16(31-14)23-7-6-15(22-19(23)29)21-10-12-4-2-1-3-5-12/h1-7,13-14,16,24,30H,8-11H2,(H,25,26)(H,27,28)(H,21,22,29)/t13?,14-,16-,20-/m1/s1. The maximum absolute atomic E-state index is 12.5. The van der Waals surface area contributed by atoms with Crippen molar-refractivity contribution in [3.63, 3.8) is 0 Å². The molecule has 0 spiro atoms. The first kappa shape index (κ1) is 23.3. The molecule has 12 heteroatoms. The Kier molecular flexibility index (Phi) is 7.20. The number of nitrogens with one attached hydrogen (secondary N) is 1. The first-order valence-electron chi connectivity index (χ1n) is 9.70. The molecule has 0 amide bonds. The Morgan fingerprint density at radius 2 is 2.00 bits per heavy atom. The van der Waals surface area contributed by atoms with Crippen molar-refractivity contribution < 1.29 is 39.5 Å². The van der Waals surface area contributed by atoms with E-state index in [2.05, 4.69) is 10.3 Å². The zero-order chi connectivity index (χ0) is 23.3. The van der Waals surface area contributed by atoms with Crippen LogP contribution >= 0.6 is 0 Å². The van der Waals surface area contributed by atoms with Gasteiger partial charge in [0.05, 0.1) is 13.0 Å². The fourth-order valence-corrected chi connectivity index (χ4v) is 3.30. The lowest BCUT2D eigenvalue weighted by Crippen LogP contribution is -2.48. The van der Waals surface area contributed by atoms with Gasteiger partial charge in [0.2, 0.25) is 0 Å². The number of carbonyl (C=O) groups is 2. The lowest BCUT2D eigenvalue weighted by atomic mass is 10.1. The van der Waals surface area contributed by atoms with E-state index in [1.165, 1.54) is 12.3 Å². The predicted molar refractivity (Wildman–Crippen MR) is 108 cm³/mol. The van der Waals surface area contributed by atoms with Crippen LogP contribution in [0.15, 0.2) is 47.4 Å². The van der Waals surface area contributed by atoms with E-state index in [1.807, 2.05) is 30.3 Å². The molecular formula is C20H23N3O9. The smallest absolute Gasteiger partial charge is 0.351 e. The van der Waals surface area contributed by atoms with E-state index < -0.39 is 61.3 Å². The number of hydrogen-bond donors (Lipinski definition) is 5. The van der Waals surface area contributed by atoms with Crippen LogP contribution in [0.4, 0.5) is 5.82 Å². The van der Waals surface area contributed by atoms with Crippen LogP contribution in [-0.4, -0.2) is 66.5 Å². The number of aliphatic hydroxyl groups is 2. The molecule has 5 N–H and O–H groups in total. The number of benzene rings is 1. The summed E-state index contributed by atoms with van der Waals surface area (Å²) in [5, 5.41) is 41.3. The number of aliphatic carboxylic acids is 2. The van der Waals surface area contributed by atoms with Crippen molar-refractivity contribution in [2.24, 2.45) is 0 Å². The molecule has 1 aliphatic heterocycles. The number of nitrogens with zero attached hydrogens (tertiary/aromatic N) is 2. The number of aliphatic hydroxyl groups excluding tert-OH is 1. The van der Waals surface area contributed by atoms with Gasteiger partial charge >= 0.3 is 17.6 Å². The molecule has 1 saturated heterocycles. The molecule has 1 aromatic heterocycles. The van der Waals surface area contributed by atoms with Gasteiger partial charge in [-0.1, -0.05) is 30.3 Å². The molecule has 2 aromatic rings. The second-order valence-corrected chi connectivity index (χ2v) is 7.20. The van der Waals surface area contributed by atoms with Crippen molar-refractivity contribution in [2.75, 3.05) is 11.9 Å². The van der Waals surface area contributed by atoms with E-state index in [4.69, 9.17) is 14.6 Å². The number of hydrogen-bond acceptors (Lipinski definition) is 9. The number of carboxylic acids is 2. The minimum Gasteiger partial charge on any atom is -0.481 e. The third kappa shape index (κ3) is 5.48. The Morgan fingerprint density at radius 3 is 2.59 bits per heavy atom. The summed E-state index contributed by atoms with van der Waals surface area (Å²) in [6, 6.07) is 11.0. The molecule has 0 saturated carbocycles. The Balaban J connectivity index is 1.73. The van der Waals surface area contributed by atoms with Crippen LogP contribution in [0.25, 0.3) is 0 Å². The van der Waals surface area contributed by atoms with E-state index in [0.717, 1.165) is 10.1 Å². The molecule has 3 rings (SSSR count). The Morgan fingerprint density at radius 1 is 1.28 bits per heavy atom. The van der Waals surface area contributed by atoms with Crippen LogP contribution in [0.5, 0.6) is 0 Å². The Hall–Kier alpha value is -3.32. The fourth-order valence-electron chi connectivity index (χ4n) is 3.30. The van der Waals surface area contributed by atoms with Crippen molar-refractivity contribution >= 4 is 17.8 Å². The molecule has 12 nitrogen and oxygen atoms in total. The van der Waals surface area contributed by atoms with Gasteiger partial charge in [0, 0.05) is 19.2 Å². The molecular weight excluding hydrogens is 426 g/mol. The van der Waals surface area contributed by atoms with Gasteiger partial charge in [-0.2, -0.15) is 4.98 Å². The first-order chi connectivity index (χ1) is 15.2. The first-order valence-corrected chi connectivity index (χ1v) is 9.70. The summed E-state index contributed by atoms with van der Waals surface area (Å²) in [6.07, 6.45) is -4.39. The van der Waals surface area contributed by atoms with Gasteiger partial charge in [0.15, 0.2) is 11.9 Å². The van der Waals surface area contributed by atoms with E-state index in [-0.39, 0.29) is 0 Å². The second-order valence-electron chi connectivity index (χ2n) is 7.20. The molecule has 1 fully saturated rings. The number of anilines is 1. The molecule has 0 bridgehead atoms. The maximum Gasteiger partial charge on any atom is 0.351 e. The van der Waals surface area contributed by atoms with Crippen molar-refractivity contribution in [1.29, 1.82) is 0 Å². The van der Waals surface area contributed by atoms with Crippen molar-refractivity contribution in [3.05, 3.63) is 58.6 Å². The summed E-state index contributed by atoms with van der Waals surface area (Å²) in [7, 11) is 0. The minimum atomic E-state index is -2.33. The quantitative estimate of drug-likeness (QED) is 0.302. The summed E-state index contributed by atoms with van der Waals surface area (Å²) >= 11 is 0. The highest BCUT2D eigenvalue weighted by atomic mass is 16.7. The fraction of sp³-hybridized carbons (Fsp3) is 0.400. The van der Waals surface area contributed by atoms with Crippen molar-refractivity contribution in [2.45, 2.75) is 43.6 Å². The monoisotopic (exact) mass is 449 g/mol. The lowest BCUT2D eigenvalue weighted by molar-refractivity contribution is -0.259. The molecule has 1 aliphatic rings.